The highest BCUT2D eigenvalue weighted by atomic mass is 19.1. The average Bonchev–Trinajstić information content (AvgIpc) is 2.70. The molecular weight excluding hydrogens is 227 g/mol. The smallest absolute Gasteiger partial charge is 0.129 e. The first-order valence-corrected chi connectivity index (χ1v) is 6.62. The van der Waals surface area contributed by atoms with Crippen LogP contribution in [0.4, 0.5) is 10.1 Å². The van der Waals surface area contributed by atoms with Gasteiger partial charge in [-0.05, 0) is 36.4 Å². The summed E-state index contributed by atoms with van der Waals surface area (Å²) in [6, 6.07) is 4.98. The number of nitrogen functional groups attached to an aromatic ring is 1. The maximum absolute atomic E-state index is 13.7. The number of likely N-dealkylation sites (tertiary alicyclic amines) is 1. The van der Waals surface area contributed by atoms with Crippen molar-refractivity contribution in [3.05, 3.63) is 29.6 Å². The van der Waals surface area contributed by atoms with Gasteiger partial charge in [-0.3, -0.25) is 4.90 Å². The maximum Gasteiger partial charge on any atom is 0.129 e. The molecule has 0 aromatic heterocycles. The molecule has 1 fully saturated rings. The molecule has 0 spiro atoms. The van der Waals surface area contributed by atoms with E-state index in [0.717, 1.165) is 18.7 Å². The second-order valence-electron chi connectivity index (χ2n) is 6.44. The first-order valence-electron chi connectivity index (χ1n) is 6.62. The Morgan fingerprint density at radius 2 is 2.11 bits per heavy atom. The summed E-state index contributed by atoms with van der Waals surface area (Å²) in [7, 11) is 0. The third-order valence-corrected chi connectivity index (χ3v) is 3.97. The quantitative estimate of drug-likeness (QED) is 0.816. The van der Waals surface area contributed by atoms with E-state index in [1.54, 1.807) is 12.1 Å². The molecule has 2 nitrogen and oxygen atoms in total. The Morgan fingerprint density at radius 1 is 1.39 bits per heavy atom. The van der Waals surface area contributed by atoms with Crippen LogP contribution in [0.3, 0.4) is 0 Å². The minimum Gasteiger partial charge on any atom is -0.399 e. The normalized spacial score (nSPS) is 21.4. The zero-order valence-electron chi connectivity index (χ0n) is 11.5. The van der Waals surface area contributed by atoms with Gasteiger partial charge in [-0.25, -0.2) is 4.39 Å². The van der Waals surface area contributed by atoms with E-state index in [9.17, 15) is 4.39 Å². The molecule has 1 aromatic carbocycles. The lowest BCUT2D eigenvalue weighted by Crippen LogP contribution is -2.26. The van der Waals surface area contributed by atoms with Crippen LogP contribution in [0, 0.1) is 17.2 Å². The van der Waals surface area contributed by atoms with Crippen molar-refractivity contribution in [2.24, 2.45) is 11.3 Å². The molecule has 0 saturated carbocycles. The highest BCUT2D eigenvalue weighted by Gasteiger charge is 2.31. The molecule has 3 heteroatoms. The number of hydrogen-bond donors (Lipinski definition) is 1. The average molecular weight is 250 g/mol. The molecule has 1 unspecified atom stereocenters. The van der Waals surface area contributed by atoms with Gasteiger partial charge >= 0.3 is 0 Å². The van der Waals surface area contributed by atoms with Crippen molar-refractivity contribution in [3.8, 4) is 0 Å². The van der Waals surface area contributed by atoms with Crippen molar-refractivity contribution < 1.29 is 4.39 Å². The summed E-state index contributed by atoms with van der Waals surface area (Å²) < 4.78 is 13.7. The number of anilines is 1. The van der Waals surface area contributed by atoms with Gasteiger partial charge in [0.1, 0.15) is 5.82 Å². The van der Waals surface area contributed by atoms with Gasteiger partial charge < -0.3 is 5.73 Å². The largest absolute Gasteiger partial charge is 0.399 e. The van der Waals surface area contributed by atoms with Crippen LogP contribution in [0.2, 0.25) is 0 Å². The van der Waals surface area contributed by atoms with E-state index in [1.165, 1.54) is 12.5 Å². The second-order valence-corrected chi connectivity index (χ2v) is 6.44. The molecule has 1 aromatic rings. The van der Waals surface area contributed by atoms with Gasteiger partial charge in [0, 0.05) is 24.3 Å². The van der Waals surface area contributed by atoms with Crippen LogP contribution in [-0.4, -0.2) is 18.0 Å². The van der Waals surface area contributed by atoms with E-state index in [2.05, 4.69) is 25.7 Å². The van der Waals surface area contributed by atoms with E-state index in [0.29, 0.717) is 23.6 Å². The molecule has 0 amide bonds. The predicted octanol–water partition coefficient (Wildman–Crippen LogP) is 3.28. The molecule has 100 valence electrons. The Kier molecular flexibility index (Phi) is 3.62. The molecule has 0 bridgehead atoms. The van der Waals surface area contributed by atoms with Gasteiger partial charge in [-0.15, -0.1) is 0 Å². The van der Waals surface area contributed by atoms with Gasteiger partial charge in [0.25, 0.3) is 0 Å². The SMILES string of the molecule is CC(C)(C)C1CCN(Cc2ccc(N)cc2F)C1. The molecule has 1 atom stereocenters. The van der Waals surface area contributed by atoms with Crippen molar-refractivity contribution in [3.63, 3.8) is 0 Å². The fourth-order valence-corrected chi connectivity index (χ4v) is 2.62. The number of rotatable bonds is 2. The lowest BCUT2D eigenvalue weighted by molar-refractivity contribution is 0.225. The van der Waals surface area contributed by atoms with Gasteiger partial charge in [0.15, 0.2) is 0 Å². The zero-order valence-corrected chi connectivity index (χ0v) is 11.5. The minimum atomic E-state index is -0.186. The summed E-state index contributed by atoms with van der Waals surface area (Å²) >= 11 is 0. The van der Waals surface area contributed by atoms with Crippen LogP contribution in [0.1, 0.15) is 32.8 Å². The monoisotopic (exact) mass is 250 g/mol. The van der Waals surface area contributed by atoms with E-state index >= 15 is 0 Å². The Bertz CT molecular complexity index is 423. The molecule has 0 aliphatic carbocycles. The summed E-state index contributed by atoms with van der Waals surface area (Å²) in [5, 5.41) is 0. The summed E-state index contributed by atoms with van der Waals surface area (Å²) in [6.45, 7) is 9.67. The van der Waals surface area contributed by atoms with Crippen LogP contribution in [0.25, 0.3) is 0 Å². The Balaban J connectivity index is 1.99. The highest BCUT2D eigenvalue weighted by molar-refractivity contribution is 5.40. The van der Waals surface area contributed by atoms with E-state index in [4.69, 9.17) is 5.73 Å². The van der Waals surface area contributed by atoms with Gasteiger partial charge in [-0.2, -0.15) is 0 Å². The Labute approximate surface area is 109 Å². The van der Waals surface area contributed by atoms with Crippen LogP contribution in [0.5, 0.6) is 0 Å². The van der Waals surface area contributed by atoms with Gasteiger partial charge in [0.2, 0.25) is 0 Å². The van der Waals surface area contributed by atoms with Gasteiger partial charge in [0.05, 0.1) is 0 Å². The van der Waals surface area contributed by atoms with Crippen LogP contribution >= 0.6 is 0 Å². The van der Waals surface area contributed by atoms with Crippen LogP contribution in [-0.2, 0) is 6.54 Å². The number of benzene rings is 1. The number of nitrogens with two attached hydrogens (primary N) is 1. The fraction of sp³-hybridized carbons (Fsp3) is 0.600. The number of nitrogens with zero attached hydrogens (tertiary/aromatic N) is 1. The highest BCUT2D eigenvalue weighted by Crippen LogP contribution is 2.34. The van der Waals surface area contributed by atoms with Crippen molar-refractivity contribution in [2.45, 2.75) is 33.7 Å². The van der Waals surface area contributed by atoms with Gasteiger partial charge in [-0.1, -0.05) is 26.8 Å². The maximum atomic E-state index is 13.7. The molecule has 0 radical (unpaired) electrons. The standard InChI is InChI=1S/C15H23FN2/c1-15(2,3)12-6-7-18(10-12)9-11-4-5-13(17)8-14(11)16/h4-5,8,12H,6-7,9-10,17H2,1-3H3. The summed E-state index contributed by atoms with van der Waals surface area (Å²) in [5.41, 5.74) is 7.14. The van der Waals surface area contributed by atoms with E-state index < -0.39 is 0 Å². The molecule has 1 aliphatic heterocycles. The van der Waals surface area contributed by atoms with Crippen molar-refractivity contribution in [2.75, 3.05) is 18.8 Å². The molecule has 1 heterocycles. The summed E-state index contributed by atoms with van der Waals surface area (Å²) in [5.74, 6) is 0.517. The third kappa shape index (κ3) is 3.02. The van der Waals surface area contributed by atoms with E-state index in [-0.39, 0.29) is 5.82 Å². The first-order chi connectivity index (χ1) is 8.36. The minimum absolute atomic E-state index is 0.186. The summed E-state index contributed by atoms with van der Waals surface area (Å²) in [4.78, 5) is 2.34. The zero-order chi connectivity index (χ0) is 13.3. The van der Waals surface area contributed by atoms with Crippen molar-refractivity contribution >= 4 is 5.69 Å². The second kappa shape index (κ2) is 4.88. The number of hydrogen-bond acceptors (Lipinski definition) is 2. The molecule has 1 saturated heterocycles. The van der Waals surface area contributed by atoms with Crippen molar-refractivity contribution in [1.29, 1.82) is 0 Å². The Hall–Kier alpha value is -1.09. The van der Waals surface area contributed by atoms with Crippen LogP contribution < -0.4 is 5.73 Å². The number of halogens is 1. The van der Waals surface area contributed by atoms with Crippen LogP contribution in [0.15, 0.2) is 18.2 Å². The lowest BCUT2D eigenvalue weighted by atomic mass is 9.80. The molecular formula is C15H23FN2. The predicted molar refractivity (Wildman–Crippen MR) is 73.7 cm³/mol. The molecule has 1 aliphatic rings. The molecule has 2 rings (SSSR count). The Morgan fingerprint density at radius 3 is 2.67 bits per heavy atom. The lowest BCUT2D eigenvalue weighted by Gasteiger charge is -2.27. The van der Waals surface area contributed by atoms with E-state index in [1.807, 2.05) is 0 Å². The molecule has 18 heavy (non-hydrogen) atoms. The van der Waals surface area contributed by atoms with Crippen molar-refractivity contribution in [1.82, 2.24) is 4.90 Å². The first kappa shape index (κ1) is 13.3. The molecule has 2 N–H and O–H groups in total. The summed E-state index contributed by atoms with van der Waals surface area (Å²) in [6.07, 6.45) is 1.21. The topological polar surface area (TPSA) is 29.3 Å². The fourth-order valence-electron chi connectivity index (χ4n) is 2.62. The third-order valence-electron chi connectivity index (χ3n) is 3.97.